The summed E-state index contributed by atoms with van der Waals surface area (Å²) in [5, 5.41) is 0. The van der Waals surface area contributed by atoms with E-state index in [0.717, 1.165) is 0 Å². The van der Waals surface area contributed by atoms with Crippen molar-refractivity contribution in [2.45, 2.75) is 0 Å². The summed E-state index contributed by atoms with van der Waals surface area (Å²) in [6.45, 7) is 0. The summed E-state index contributed by atoms with van der Waals surface area (Å²) in [6, 6.07) is 6.47. The van der Waals surface area contributed by atoms with E-state index in [0.29, 0.717) is 22.5 Å². The van der Waals surface area contributed by atoms with Crippen molar-refractivity contribution in [1.82, 2.24) is 9.97 Å². The molecule has 0 spiro atoms. The molecule has 4 nitrogen and oxygen atoms in total. The van der Waals surface area contributed by atoms with Gasteiger partial charge in [0.2, 0.25) is 11.6 Å². The van der Waals surface area contributed by atoms with E-state index in [-0.39, 0.29) is 19.5 Å². The summed E-state index contributed by atoms with van der Waals surface area (Å²) >= 11 is 0. The molecule has 2 heterocycles. The number of aromatic nitrogens is 2. The molecule has 0 fully saturated rings. The Morgan fingerprint density at radius 2 is 1.18 bits per heavy atom. The number of Topliss-reactive ketones (excluding diaryl/α,β-unsaturated/α-hetero) is 2. The maximum Gasteiger partial charge on any atom is 0.235 e. The molecular weight excluding hydrogens is 305 g/mol. The fourth-order valence-corrected chi connectivity index (χ4v) is 1.80. The van der Waals surface area contributed by atoms with Gasteiger partial charge >= 0.3 is 0 Å². The molecule has 17 heavy (non-hydrogen) atoms. The van der Waals surface area contributed by atoms with Crippen LogP contribution < -0.4 is 0 Å². The van der Waals surface area contributed by atoms with Gasteiger partial charge in [-0.05, 0) is 24.3 Å². The van der Waals surface area contributed by atoms with Crippen molar-refractivity contribution >= 4 is 11.6 Å². The molecule has 0 saturated heterocycles. The largest absolute Gasteiger partial charge is 0.285 e. The van der Waals surface area contributed by atoms with Crippen molar-refractivity contribution in [3.05, 3.63) is 47.8 Å². The van der Waals surface area contributed by atoms with Crippen LogP contribution in [0.4, 0.5) is 0 Å². The molecule has 0 N–H and O–H groups in total. The molecule has 1 aliphatic rings. The second-order valence-electron chi connectivity index (χ2n) is 3.46. The van der Waals surface area contributed by atoms with E-state index in [2.05, 4.69) is 9.97 Å². The Morgan fingerprint density at radius 1 is 0.765 bits per heavy atom. The number of hydrogen-bond acceptors (Lipinski definition) is 4. The molecule has 0 atom stereocenters. The van der Waals surface area contributed by atoms with Crippen LogP contribution in [-0.4, -0.2) is 21.5 Å². The van der Waals surface area contributed by atoms with E-state index in [1.54, 1.807) is 36.7 Å². The standard InChI is InChI=1S/C12H6N2O2.Ru/c15-11-7-3-1-5-13-9(7)10-8(12(11)16)4-2-6-14-10;/h1-6H;. The first-order valence-electron chi connectivity index (χ1n) is 4.78. The van der Waals surface area contributed by atoms with Gasteiger partial charge in [-0.1, -0.05) is 0 Å². The third-order valence-corrected chi connectivity index (χ3v) is 2.54. The van der Waals surface area contributed by atoms with E-state index < -0.39 is 11.6 Å². The Bertz CT molecular complexity index is 570. The number of rotatable bonds is 0. The molecule has 0 amide bonds. The van der Waals surface area contributed by atoms with E-state index >= 15 is 0 Å². The summed E-state index contributed by atoms with van der Waals surface area (Å²) in [4.78, 5) is 31.7. The molecule has 0 radical (unpaired) electrons. The van der Waals surface area contributed by atoms with Crippen LogP contribution in [0.5, 0.6) is 0 Å². The van der Waals surface area contributed by atoms with Crippen LogP contribution in [0.1, 0.15) is 20.7 Å². The first-order chi connectivity index (χ1) is 7.79. The van der Waals surface area contributed by atoms with Gasteiger partial charge in [0, 0.05) is 31.9 Å². The van der Waals surface area contributed by atoms with Crippen molar-refractivity contribution < 1.29 is 29.1 Å². The number of hydrogen-bond donors (Lipinski definition) is 0. The van der Waals surface area contributed by atoms with Crippen molar-refractivity contribution in [3.8, 4) is 11.4 Å². The van der Waals surface area contributed by atoms with Gasteiger partial charge in [-0.15, -0.1) is 0 Å². The van der Waals surface area contributed by atoms with Gasteiger partial charge in [-0.2, -0.15) is 0 Å². The zero-order valence-electron chi connectivity index (χ0n) is 8.53. The smallest absolute Gasteiger partial charge is 0.235 e. The van der Waals surface area contributed by atoms with Gasteiger partial charge in [0.25, 0.3) is 0 Å². The molecular formula is C12H6N2O2Ru. The molecule has 0 aliphatic heterocycles. The Balaban J connectivity index is 0.00000108. The molecule has 0 unspecified atom stereocenters. The van der Waals surface area contributed by atoms with Crippen molar-refractivity contribution in [2.75, 3.05) is 0 Å². The van der Waals surface area contributed by atoms with Crippen LogP contribution in [0.15, 0.2) is 36.7 Å². The quantitative estimate of drug-likeness (QED) is 0.547. The van der Waals surface area contributed by atoms with Gasteiger partial charge in [0.1, 0.15) is 11.4 Å². The monoisotopic (exact) mass is 312 g/mol. The van der Waals surface area contributed by atoms with Crippen LogP contribution in [0.2, 0.25) is 0 Å². The van der Waals surface area contributed by atoms with E-state index in [1.165, 1.54) is 0 Å². The zero-order chi connectivity index (χ0) is 11.1. The molecule has 1 aliphatic carbocycles. The average Bonchev–Trinajstić information content (AvgIpc) is 2.36. The maximum atomic E-state index is 11.8. The SMILES string of the molecule is O=C1C(=O)c2cccnc2-c2ncccc21.[Ru]. The molecule has 0 bridgehead atoms. The first kappa shape index (κ1) is 11.7. The van der Waals surface area contributed by atoms with Gasteiger partial charge in [-0.3, -0.25) is 19.6 Å². The molecule has 3 rings (SSSR count). The first-order valence-corrected chi connectivity index (χ1v) is 4.78. The number of fused-ring (bicyclic) bond motifs is 3. The topological polar surface area (TPSA) is 59.9 Å². The summed E-state index contributed by atoms with van der Waals surface area (Å²) in [5.74, 6) is -1.02. The second-order valence-corrected chi connectivity index (χ2v) is 3.46. The van der Waals surface area contributed by atoms with Gasteiger partial charge in [0.15, 0.2) is 0 Å². The summed E-state index contributed by atoms with van der Waals surface area (Å²) in [7, 11) is 0. The maximum absolute atomic E-state index is 11.8. The van der Waals surface area contributed by atoms with Crippen molar-refractivity contribution in [1.29, 1.82) is 0 Å². The van der Waals surface area contributed by atoms with Crippen LogP contribution in [0, 0.1) is 0 Å². The third kappa shape index (κ3) is 1.63. The number of ketones is 2. The summed E-state index contributed by atoms with van der Waals surface area (Å²) in [5.41, 5.74) is 1.64. The van der Waals surface area contributed by atoms with E-state index in [4.69, 9.17) is 0 Å². The molecule has 2 aromatic heterocycles. The Labute approximate surface area is 110 Å². The minimum absolute atomic E-state index is 0. The van der Waals surface area contributed by atoms with Crippen LogP contribution in [0.3, 0.4) is 0 Å². The van der Waals surface area contributed by atoms with Crippen LogP contribution in [-0.2, 0) is 19.5 Å². The fraction of sp³-hybridized carbons (Fsp3) is 0. The normalized spacial score (nSPS) is 12.5. The van der Waals surface area contributed by atoms with Crippen molar-refractivity contribution in [3.63, 3.8) is 0 Å². The molecule has 84 valence electrons. The van der Waals surface area contributed by atoms with Gasteiger partial charge < -0.3 is 0 Å². The Morgan fingerprint density at radius 3 is 1.59 bits per heavy atom. The van der Waals surface area contributed by atoms with Crippen molar-refractivity contribution in [2.24, 2.45) is 0 Å². The predicted octanol–water partition coefficient (Wildman–Crippen LogP) is 1.52. The van der Waals surface area contributed by atoms with E-state index in [9.17, 15) is 9.59 Å². The minimum atomic E-state index is -0.511. The van der Waals surface area contributed by atoms with Gasteiger partial charge in [0.05, 0.1) is 11.1 Å². The fourth-order valence-electron chi connectivity index (χ4n) is 1.80. The number of carbonyl (C=O) groups is 2. The Hall–Kier alpha value is -1.74. The third-order valence-electron chi connectivity index (χ3n) is 2.54. The molecule has 0 saturated carbocycles. The number of carbonyl (C=O) groups excluding carboxylic acids is 2. The zero-order valence-corrected chi connectivity index (χ0v) is 10.3. The number of pyridine rings is 2. The molecule has 2 aromatic rings. The molecule has 5 heteroatoms. The predicted molar refractivity (Wildman–Crippen MR) is 56.1 cm³/mol. The van der Waals surface area contributed by atoms with Gasteiger partial charge in [-0.25, -0.2) is 0 Å². The van der Waals surface area contributed by atoms with Crippen LogP contribution >= 0.6 is 0 Å². The number of nitrogens with zero attached hydrogens (tertiary/aromatic N) is 2. The average molecular weight is 311 g/mol. The minimum Gasteiger partial charge on any atom is -0.285 e. The summed E-state index contributed by atoms with van der Waals surface area (Å²) in [6.07, 6.45) is 3.17. The Kier molecular flexibility index (Phi) is 2.94. The van der Waals surface area contributed by atoms with E-state index in [1.807, 2.05) is 0 Å². The molecule has 0 aromatic carbocycles. The van der Waals surface area contributed by atoms with Crippen LogP contribution in [0.25, 0.3) is 11.4 Å². The second kappa shape index (κ2) is 4.26. The summed E-state index contributed by atoms with van der Waals surface area (Å²) < 4.78 is 0.